The van der Waals surface area contributed by atoms with Gasteiger partial charge in [0.25, 0.3) is 0 Å². The molecule has 0 spiro atoms. The van der Waals surface area contributed by atoms with Crippen LogP contribution in [0.15, 0.2) is 35.3 Å². The highest BCUT2D eigenvalue weighted by molar-refractivity contribution is 7.16. The molecular formula is C21H26N2O2S. The van der Waals surface area contributed by atoms with Gasteiger partial charge in [-0.25, -0.2) is 9.79 Å². The van der Waals surface area contributed by atoms with Gasteiger partial charge in [-0.1, -0.05) is 30.3 Å². The summed E-state index contributed by atoms with van der Waals surface area (Å²) in [5, 5.41) is 4.41. The van der Waals surface area contributed by atoms with Crippen LogP contribution in [0.2, 0.25) is 0 Å². The summed E-state index contributed by atoms with van der Waals surface area (Å²) in [6, 6.07) is 9.91. The van der Waals surface area contributed by atoms with E-state index < -0.39 is 0 Å². The molecule has 26 heavy (non-hydrogen) atoms. The van der Waals surface area contributed by atoms with E-state index in [4.69, 9.17) is 4.74 Å². The van der Waals surface area contributed by atoms with Crippen LogP contribution in [-0.4, -0.2) is 24.3 Å². The van der Waals surface area contributed by atoms with E-state index in [0.29, 0.717) is 12.2 Å². The quantitative estimate of drug-likeness (QED) is 0.619. The highest BCUT2D eigenvalue weighted by atomic mass is 32.1. The van der Waals surface area contributed by atoms with Crippen molar-refractivity contribution < 1.29 is 9.53 Å². The third kappa shape index (κ3) is 3.74. The molecule has 0 radical (unpaired) electrons. The van der Waals surface area contributed by atoms with Crippen LogP contribution in [0.4, 0.5) is 5.00 Å². The zero-order chi connectivity index (χ0) is 18.9. The summed E-state index contributed by atoms with van der Waals surface area (Å²) in [7, 11) is 0. The number of thiophene rings is 1. The molecule has 0 fully saturated rings. The molecule has 1 N–H and O–H groups in total. The van der Waals surface area contributed by atoms with Gasteiger partial charge in [-0.2, -0.15) is 0 Å². The van der Waals surface area contributed by atoms with E-state index in [9.17, 15) is 4.79 Å². The number of aliphatic imine (C=N–C) groups is 1. The lowest BCUT2D eigenvalue weighted by atomic mass is 9.81. The lowest BCUT2D eigenvalue weighted by Crippen LogP contribution is -2.55. The van der Waals surface area contributed by atoms with Gasteiger partial charge in [0.2, 0.25) is 0 Å². The molecule has 2 heterocycles. The van der Waals surface area contributed by atoms with E-state index in [1.807, 2.05) is 43.5 Å². The Kier molecular flexibility index (Phi) is 5.04. The van der Waals surface area contributed by atoms with Gasteiger partial charge in [0, 0.05) is 22.2 Å². The Morgan fingerprint density at radius 1 is 1.27 bits per heavy atom. The Balaban J connectivity index is 2.11. The molecule has 0 amide bonds. The topological polar surface area (TPSA) is 50.7 Å². The van der Waals surface area contributed by atoms with Gasteiger partial charge in [0.05, 0.1) is 12.2 Å². The van der Waals surface area contributed by atoms with Gasteiger partial charge < -0.3 is 10.1 Å². The van der Waals surface area contributed by atoms with Crippen molar-refractivity contribution in [1.82, 2.24) is 5.32 Å². The second-order valence-electron chi connectivity index (χ2n) is 7.79. The van der Waals surface area contributed by atoms with Crippen molar-refractivity contribution in [3.05, 3.63) is 51.9 Å². The summed E-state index contributed by atoms with van der Waals surface area (Å²) < 4.78 is 5.35. The van der Waals surface area contributed by atoms with Crippen molar-refractivity contribution in [2.45, 2.75) is 52.1 Å². The predicted molar refractivity (Wildman–Crippen MR) is 108 cm³/mol. The average molecular weight is 371 g/mol. The van der Waals surface area contributed by atoms with E-state index in [-0.39, 0.29) is 17.0 Å². The summed E-state index contributed by atoms with van der Waals surface area (Å²) in [5.41, 5.74) is 2.39. The van der Waals surface area contributed by atoms with Gasteiger partial charge in [0.15, 0.2) is 0 Å². The number of nitrogens with zero attached hydrogens (tertiary/aromatic N) is 1. The van der Waals surface area contributed by atoms with Gasteiger partial charge >= 0.3 is 5.97 Å². The Bertz CT molecular complexity index is 835. The van der Waals surface area contributed by atoms with Crippen LogP contribution in [0.1, 0.15) is 61.0 Å². The highest BCUT2D eigenvalue weighted by Crippen LogP contribution is 2.46. The van der Waals surface area contributed by atoms with Gasteiger partial charge in [0.1, 0.15) is 5.00 Å². The fraction of sp³-hybridized carbons (Fsp3) is 0.429. The number of nitrogens with one attached hydrogen (secondary N) is 1. The first-order valence-electron chi connectivity index (χ1n) is 8.95. The van der Waals surface area contributed by atoms with E-state index in [1.165, 1.54) is 4.88 Å². The number of hydrogen-bond acceptors (Lipinski definition) is 5. The Hall–Kier alpha value is -1.98. The molecule has 4 nitrogen and oxygen atoms in total. The molecule has 0 saturated carbocycles. The molecule has 5 heteroatoms. The van der Waals surface area contributed by atoms with Gasteiger partial charge in [-0.05, 0) is 52.2 Å². The Labute approximate surface area is 159 Å². The lowest BCUT2D eigenvalue weighted by Gasteiger charge is -2.42. The van der Waals surface area contributed by atoms with Gasteiger partial charge in [-0.15, -0.1) is 11.3 Å². The number of fused-ring (bicyclic) bond motifs is 1. The van der Waals surface area contributed by atoms with Crippen LogP contribution in [-0.2, 0) is 16.7 Å². The smallest absolute Gasteiger partial charge is 0.341 e. The predicted octanol–water partition coefficient (Wildman–Crippen LogP) is 4.83. The molecule has 0 unspecified atom stereocenters. The van der Waals surface area contributed by atoms with Crippen LogP contribution in [0.3, 0.4) is 0 Å². The molecule has 1 aromatic heterocycles. The number of hydrogen-bond donors (Lipinski definition) is 1. The summed E-state index contributed by atoms with van der Waals surface area (Å²) in [6.45, 7) is 10.8. The molecule has 0 saturated heterocycles. The van der Waals surface area contributed by atoms with Crippen molar-refractivity contribution in [1.29, 1.82) is 0 Å². The van der Waals surface area contributed by atoms with Crippen LogP contribution in [0, 0.1) is 0 Å². The minimum absolute atomic E-state index is 0.0980. The zero-order valence-corrected chi connectivity index (χ0v) is 16.9. The second kappa shape index (κ2) is 6.97. The van der Waals surface area contributed by atoms with Crippen LogP contribution in [0.25, 0.3) is 0 Å². The number of ether oxygens (including phenoxy) is 1. The van der Waals surface area contributed by atoms with E-state index in [1.54, 1.807) is 11.3 Å². The molecule has 1 aromatic carbocycles. The highest BCUT2D eigenvalue weighted by Gasteiger charge is 2.41. The normalized spacial score (nSPS) is 17.9. The van der Waals surface area contributed by atoms with E-state index in [0.717, 1.165) is 22.5 Å². The Morgan fingerprint density at radius 2 is 1.96 bits per heavy atom. The number of carbonyl (C=O) groups is 1. The third-order valence-corrected chi connectivity index (χ3v) is 5.90. The first kappa shape index (κ1) is 18.8. The first-order valence-corrected chi connectivity index (χ1v) is 9.77. The van der Waals surface area contributed by atoms with Crippen molar-refractivity contribution in [2.75, 3.05) is 6.61 Å². The summed E-state index contributed by atoms with van der Waals surface area (Å²) in [6.07, 6.45) is 2.59. The molecule has 138 valence electrons. The minimum Gasteiger partial charge on any atom is -0.462 e. The van der Waals surface area contributed by atoms with E-state index in [2.05, 4.69) is 38.0 Å². The lowest BCUT2D eigenvalue weighted by molar-refractivity contribution is 0.0525. The van der Waals surface area contributed by atoms with Crippen LogP contribution < -0.4 is 5.32 Å². The maximum atomic E-state index is 12.7. The van der Waals surface area contributed by atoms with E-state index >= 15 is 0 Å². The summed E-state index contributed by atoms with van der Waals surface area (Å²) >= 11 is 1.58. The molecule has 0 aliphatic carbocycles. The van der Waals surface area contributed by atoms with Gasteiger partial charge in [-0.3, -0.25) is 0 Å². The molecule has 2 aromatic rings. The third-order valence-electron chi connectivity index (χ3n) is 4.44. The number of rotatable bonds is 4. The number of carbonyl (C=O) groups excluding carboxylic acids is 1. The van der Waals surface area contributed by atoms with Crippen LogP contribution >= 0.6 is 11.3 Å². The molecule has 1 aliphatic heterocycles. The first-order chi connectivity index (χ1) is 12.2. The maximum absolute atomic E-state index is 12.7. The standard InChI is InChI=1S/C21H26N2O2S/c1-6-25-19(24)16-15-12-20(2,3)23-21(4,5)17(15)26-18(16)22-13-14-10-8-7-9-11-14/h7-11,13,23H,6,12H2,1-5H3. The SMILES string of the molecule is CCOC(=O)c1c(N=Cc2ccccc2)sc2c1CC(C)(C)NC2(C)C. The molecule has 0 atom stereocenters. The van der Waals surface area contributed by atoms with Crippen molar-refractivity contribution in [3.8, 4) is 0 Å². The van der Waals surface area contributed by atoms with Crippen molar-refractivity contribution >= 4 is 28.5 Å². The molecule has 1 aliphatic rings. The monoisotopic (exact) mass is 370 g/mol. The second-order valence-corrected chi connectivity index (χ2v) is 8.79. The average Bonchev–Trinajstić information content (AvgIpc) is 2.91. The molecular weight excluding hydrogens is 344 g/mol. The molecule has 0 bridgehead atoms. The Morgan fingerprint density at radius 3 is 2.62 bits per heavy atom. The number of esters is 1. The number of benzene rings is 1. The fourth-order valence-corrected chi connectivity index (χ4v) is 4.90. The zero-order valence-electron chi connectivity index (χ0n) is 16.1. The maximum Gasteiger partial charge on any atom is 0.341 e. The summed E-state index contributed by atoms with van der Waals surface area (Å²) in [5.74, 6) is -0.279. The molecule has 3 rings (SSSR count). The summed E-state index contributed by atoms with van der Waals surface area (Å²) in [4.78, 5) is 18.6. The van der Waals surface area contributed by atoms with Crippen LogP contribution in [0.5, 0.6) is 0 Å². The largest absolute Gasteiger partial charge is 0.462 e. The van der Waals surface area contributed by atoms with Crippen molar-refractivity contribution in [2.24, 2.45) is 4.99 Å². The van der Waals surface area contributed by atoms with Crippen molar-refractivity contribution in [3.63, 3.8) is 0 Å². The fourth-order valence-electron chi connectivity index (χ4n) is 3.69. The minimum atomic E-state index is -0.279.